The van der Waals surface area contributed by atoms with E-state index in [1.165, 1.54) is 6.07 Å². The normalized spacial score (nSPS) is 21.0. The number of hydrogen-bond acceptors (Lipinski definition) is 5. The summed E-state index contributed by atoms with van der Waals surface area (Å²) in [5.74, 6) is -0.249. The van der Waals surface area contributed by atoms with Crippen molar-refractivity contribution in [1.82, 2.24) is 5.32 Å². The minimum atomic E-state index is -0.262. The Labute approximate surface area is 127 Å². The molecule has 1 aromatic carbocycles. The van der Waals surface area contributed by atoms with E-state index in [-0.39, 0.29) is 18.5 Å². The Morgan fingerprint density at radius 2 is 2.27 bits per heavy atom. The highest BCUT2D eigenvalue weighted by molar-refractivity contribution is 6.01. The smallest absolute Gasteiger partial charge is 0.147 e. The summed E-state index contributed by atoms with van der Waals surface area (Å²) in [5, 5.41) is 10.7. The van der Waals surface area contributed by atoms with Crippen LogP contribution in [0.15, 0.2) is 28.5 Å². The molecule has 0 saturated carbocycles. The van der Waals surface area contributed by atoms with Crippen molar-refractivity contribution >= 4 is 11.4 Å². The van der Waals surface area contributed by atoms with Gasteiger partial charge in [-0.25, -0.2) is 4.39 Å². The maximum absolute atomic E-state index is 14.4. The lowest BCUT2D eigenvalue weighted by molar-refractivity contribution is 0.0919. The largest absolute Gasteiger partial charge is 0.392 e. The Balaban J connectivity index is 1.71. The number of nitrogens with zero attached hydrogens (tertiary/aromatic N) is 5. The highest BCUT2D eigenvalue weighted by Crippen LogP contribution is 2.24. The van der Waals surface area contributed by atoms with Gasteiger partial charge in [0.1, 0.15) is 11.9 Å². The summed E-state index contributed by atoms with van der Waals surface area (Å²) in [6, 6.07) is 5.15. The summed E-state index contributed by atoms with van der Waals surface area (Å²) >= 11 is 0. The molecule has 3 rings (SSSR count). The van der Waals surface area contributed by atoms with Crippen molar-refractivity contribution in [3.63, 3.8) is 0 Å². The predicted molar refractivity (Wildman–Crippen MR) is 81.5 cm³/mol. The van der Waals surface area contributed by atoms with E-state index in [4.69, 9.17) is 10.4 Å². The molecule has 2 heterocycles. The van der Waals surface area contributed by atoms with E-state index >= 15 is 0 Å². The van der Waals surface area contributed by atoms with Crippen LogP contribution < -0.4 is 10.2 Å². The molecule has 2 aliphatic rings. The van der Waals surface area contributed by atoms with Crippen LogP contribution in [-0.4, -0.2) is 44.5 Å². The van der Waals surface area contributed by atoms with Crippen LogP contribution in [-0.2, 0) is 4.84 Å². The third kappa shape index (κ3) is 3.13. The first-order chi connectivity index (χ1) is 10.8. The van der Waals surface area contributed by atoms with Gasteiger partial charge in [-0.3, -0.25) is 0 Å². The van der Waals surface area contributed by atoms with Gasteiger partial charge in [-0.15, -0.1) is 0 Å². The molecule has 0 amide bonds. The minimum absolute atomic E-state index is 0.227. The number of nitrogens with one attached hydrogen (secondary N) is 1. The van der Waals surface area contributed by atoms with Gasteiger partial charge in [0.05, 0.1) is 17.9 Å². The van der Waals surface area contributed by atoms with Gasteiger partial charge in [0.15, 0.2) is 0 Å². The zero-order chi connectivity index (χ0) is 15.4. The molecular formula is C14H17FN6O. The monoisotopic (exact) mass is 304 g/mol. The third-order valence-electron chi connectivity index (χ3n) is 3.82. The molecule has 0 aliphatic carbocycles. The summed E-state index contributed by atoms with van der Waals surface area (Å²) < 4.78 is 14.4. The average molecular weight is 304 g/mol. The molecule has 0 aromatic heterocycles. The van der Waals surface area contributed by atoms with Crippen molar-refractivity contribution in [2.45, 2.75) is 12.5 Å². The number of benzene rings is 1. The van der Waals surface area contributed by atoms with Gasteiger partial charge in [-0.1, -0.05) is 16.3 Å². The number of piperazine rings is 1. The van der Waals surface area contributed by atoms with E-state index in [1.54, 1.807) is 6.07 Å². The van der Waals surface area contributed by atoms with Gasteiger partial charge in [0.2, 0.25) is 0 Å². The summed E-state index contributed by atoms with van der Waals surface area (Å²) in [5.41, 5.74) is 10.3. The van der Waals surface area contributed by atoms with Crippen LogP contribution in [0.1, 0.15) is 12.0 Å². The van der Waals surface area contributed by atoms with Gasteiger partial charge in [0, 0.05) is 43.1 Å². The number of anilines is 1. The Morgan fingerprint density at radius 3 is 3.00 bits per heavy atom. The third-order valence-corrected chi connectivity index (χ3v) is 3.82. The Bertz CT molecular complexity index is 622. The van der Waals surface area contributed by atoms with Crippen molar-refractivity contribution in [2.24, 2.45) is 10.3 Å². The van der Waals surface area contributed by atoms with E-state index in [0.29, 0.717) is 23.4 Å². The minimum Gasteiger partial charge on any atom is -0.392 e. The van der Waals surface area contributed by atoms with Crippen molar-refractivity contribution in [3.05, 3.63) is 40.0 Å². The maximum atomic E-state index is 14.4. The zero-order valence-corrected chi connectivity index (χ0v) is 12.1. The van der Waals surface area contributed by atoms with Crippen LogP contribution in [0, 0.1) is 5.82 Å². The molecule has 1 aromatic rings. The lowest BCUT2D eigenvalue weighted by atomic mass is 10.0. The fourth-order valence-corrected chi connectivity index (χ4v) is 2.67. The molecule has 1 atom stereocenters. The lowest BCUT2D eigenvalue weighted by Gasteiger charge is -2.29. The van der Waals surface area contributed by atoms with Crippen LogP contribution in [0.2, 0.25) is 0 Å². The van der Waals surface area contributed by atoms with E-state index in [2.05, 4.69) is 20.5 Å². The lowest BCUT2D eigenvalue weighted by Crippen LogP contribution is -2.43. The van der Waals surface area contributed by atoms with Gasteiger partial charge in [-0.2, -0.15) is 0 Å². The quantitative estimate of drug-likeness (QED) is 0.524. The molecular weight excluding hydrogens is 287 g/mol. The molecule has 1 unspecified atom stereocenters. The summed E-state index contributed by atoms with van der Waals surface area (Å²) in [7, 11) is 0. The second kappa shape index (κ2) is 6.64. The van der Waals surface area contributed by atoms with Crippen molar-refractivity contribution < 1.29 is 9.23 Å². The fourth-order valence-electron chi connectivity index (χ4n) is 2.67. The second-order valence-corrected chi connectivity index (χ2v) is 5.29. The van der Waals surface area contributed by atoms with Gasteiger partial charge in [-0.05, 0) is 17.7 Å². The summed E-state index contributed by atoms with van der Waals surface area (Å²) in [6.45, 7) is 3.56. The topological polar surface area (TPSA) is 85.6 Å². The van der Waals surface area contributed by atoms with Crippen molar-refractivity contribution in [3.8, 4) is 0 Å². The maximum Gasteiger partial charge on any atom is 0.147 e. The zero-order valence-electron chi connectivity index (χ0n) is 12.1. The molecule has 1 saturated heterocycles. The first kappa shape index (κ1) is 14.6. The molecule has 2 aliphatic heterocycles. The highest BCUT2D eigenvalue weighted by Gasteiger charge is 2.23. The van der Waals surface area contributed by atoms with Crippen molar-refractivity contribution in [2.75, 3.05) is 37.6 Å². The number of azide groups is 1. The van der Waals surface area contributed by atoms with E-state index < -0.39 is 0 Å². The SMILES string of the molecule is [N-]=[N+]=NCC1CC(c2ccc(N3CCNCC3)c(F)c2)=NO1. The molecule has 0 spiro atoms. The van der Waals surface area contributed by atoms with Crippen LogP contribution in [0.25, 0.3) is 10.4 Å². The summed E-state index contributed by atoms with van der Waals surface area (Å²) in [4.78, 5) is 9.92. The van der Waals surface area contributed by atoms with Crippen LogP contribution in [0.5, 0.6) is 0 Å². The van der Waals surface area contributed by atoms with E-state index in [9.17, 15) is 4.39 Å². The first-order valence-corrected chi connectivity index (χ1v) is 7.27. The fraction of sp³-hybridized carbons (Fsp3) is 0.500. The number of halogens is 1. The molecule has 116 valence electrons. The predicted octanol–water partition coefficient (Wildman–Crippen LogP) is 2.04. The Kier molecular flexibility index (Phi) is 4.41. The molecule has 7 nitrogen and oxygen atoms in total. The molecule has 1 N–H and O–H groups in total. The number of hydrogen-bond donors (Lipinski definition) is 1. The molecule has 0 radical (unpaired) electrons. The van der Waals surface area contributed by atoms with Crippen LogP contribution in [0.3, 0.4) is 0 Å². The first-order valence-electron chi connectivity index (χ1n) is 7.27. The van der Waals surface area contributed by atoms with Crippen LogP contribution in [0.4, 0.5) is 10.1 Å². The highest BCUT2D eigenvalue weighted by atomic mass is 19.1. The van der Waals surface area contributed by atoms with Gasteiger partial charge < -0.3 is 15.1 Å². The Morgan fingerprint density at radius 1 is 1.45 bits per heavy atom. The second-order valence-electron chi connectivity index (χ2n) is 5.29. The standard InChI is InChI=1S/C14H17FN6O/c15-12-7-10(13-8-11(22-19-13)9-18-20-16)1-2-14(12)21-5-3-17-4-6-21/h1-2,7,11,17H,3-6,8-9H2. The van der Waals surface area contributed by atoms with Crippen molar-refractivity contribution in [1.29, 1.82) is 0 Å². The van der Waals surface area contributed by atoms with E-state index in [1.807, 2.05) is 11.0 Å². The Hall–Kier alpha value is -2.31. The summed E-state index contributed by atoms with van der Waals surface area (Å²) in [6.07, 6.45) is 0.257. The molecule has 22 heavy (non-hydrogen) atoms. The van der Waals surface area contributed by atoms with Gasteiger partial charge in [0.25, 0.3) is 0 Å². The number of rotatable bonds is 4. The van der Waals surface area contributed by atoms with E-state index in [0.717, 1.165) is 26.2 Å². The van der Waals surface area contributed by atoms with Crippen LogP contribution >= 0.6 is 0 Å². The molecule has 8 heteroatoms. The average Bonchev–Trinajstić information content (AvgIpc) is 3.02. The van der Waals surface area contributed by atoms with Gasteiger partial charge >= 0.3 is 0 Å². The molecule has 0 bridgehead atoms. The molecule has 1 fully saturated rings. The number of oxime groups is 1.